The van der Waals surface area contributed by atoms with Gasteiger partial charge in [0.25, 0.3) is 0 Å². The molecule has 0 heterocycles. The van der Waals surface area contributed by atoms with Gasteiger partial charge in [0.2, 0.25) is 0 Å². The van der Waals surface area contributed by atoms with Crippen LogP contribution in [0.15, 0.2) is 0 Å². The standard InChI is InChI=1S/C15H24O3.C12H22O4.C11H16O2/c1-3-17-9(2)18-15(16)12-7-13-10-4-5-11(6-10)14(13)8-12;1-6-15-10(13)9(3)8-12(4,5)11(14)16-7-2;12-11(13)8-4-9-6-1-2-7(3-6)10(9)5-8/h9-14H,3-8H2,1-2H3;9H,6-8H2,1-5H3;6-10H,1-5H2,(H,12,13). The maximum absolute atomic E-state index is 12.1. The first kappa shape index (κ1) is 37.7. The molecule has 10 unspecified atom stereocenters. The molecular weight excluding hydrogens is 600 g/mol. The maximum Gasteiger partial charge on any atom is 0.311 e. The van der Waals surface area contributed by atoms with Gasteiger partial charge in [-0.3, -0.25) is 19.2 Å². The lowest BCUT2D eigenvalue weighted by Crippen LogP contribution is -2.31. The summed E-state index contributed by atoms with van der Waals surface area (Å²) in [5.74, 6) is 5.61. The Labute approximate surface area is 282 Å². The number of ether oxygens (including phenoxy) is 4. The lowest BCUT2D eigenvalue weighted by atomic mass is 9.82. The second-order valence-corrected chi connectivity index (χ2v) is 15.9. The zero-order valence-electron chi connectivity index (χ0n) is 30.0. The van der Waals surface area contributed by atoms with Crippen LogP contribution in [0, 0.1) is 70.5 Å². The highest BCUT2D eigenvalue weighted by Crippen LogP contribution is 2.61. The van der Waals surface area contributed by atoms with Crippen LogP contribution in [0.4, 0.5) is 0 Å². The molecule has 0 aromatic heterocycles. The average molecular weight is 663 g/mol. The van der Waals surface area contributed by atoms with E-state index in [-0.39, 0.29) is 42.0 Å². The minimum Gasteiger partial charge on any atom is -0.481 e. The van der Waals surface area contributed by atoms with Crippen LogP contribution in [0.1, 0.15) is 119 Å². The van der Waals surface area contributed by atoms with Gasteiger partial charge in [-0.05, 0) is 160 Å². The second kappa shape index (κ2) is 16.5. The summed E-state index contributed by atoms with van der Waals surface area (Å²) in [4.78, 5) is 46.0. The van der Waals surface area contributed by atoms with Gasteiger partial charge in [-0.2, -0.15) is 0 Å². The third kappa shape index (κ3) is 9.10. The second-order valence-electron chi connectivity index (χ2n) is 15.9. The number of hydrogen-bond donors (Lipinski definition) is 1. The highest BCUT2D eigenvalue weighted by molar-refractivity contribution is 5.78. The smallest absolute Gasteiger partial charge is 0.311 e. The first-order valence-electron chi connectivity index (χ1n) is 18.7. The summed E-state index contributed by atoms with van der Waals surface area (Å²) in [6.07, 6.45) is 12.6. The maximum atomic E-state index is 12.1. The Morgan fingerprint density at radius 1 is 0.681 bits per heavy atom. The van der Waals surface area contributed by atoms with Gasteiger partial charge >= 0.3 is 23.9 Å². The average Bonchev–Trinajstić information content (AvgIpc) is 3.85. The third-order valence-electron chi connectivity index (χ3n) is 12.5. The molecule has 10 atom stereocenters. The van der Waals surface area contributed by atoms with Crippen molar-refractivity contribution < 1.29 is 43.2 Å². The van der Waals surface area contributed by atoms with E-state index in [0.717, 1.165) is 73.0 Å². The molecule has 6 fully saturated rings. The number of carboxylic acids is 1. The zero-order chi connectivity index (χ0) is 34.5. The minimum absolute atomic E-state index is 0.00148. The molecule has 0 amide bonds. The molecule has 268 valence electrons. The van der Waals surface area contributed by atoms with Crippen molar-refractivity contribution >= 4 is 23.9 Å². The molecule has 6 aliphatic carbocycles. The fraction of sp³-hybridized carbons (Fsp3) is 0.895. The molecule has 0 saturated heterocycles. The molecule has 4 bridgehead atoms. The van der Waals surface area contributed by atoms with Crippen LogP contribution in [-0.4, -0.2) is 55.1 Å². The highest BCUT2D eigenvalue weighted by Gasteiger charge is 2.54. The highest BCUT2D eigenvalue weighted by atomic mass is 16.7. The van der Waals surface area contributed by atoms with Crippen LogP contribution in [0.5, 0.6) is 0 Å². The molecular formula is C38H62O9. The zero-order valence-corrected chi connectivity index (χ0v) is 30.0. The van der Waals surface area contributed by atoms with E-state index in [4.69, 9.17) is 24.1 Å². The van der Waals surface area contributed by atoms with E-state index < -0.39 is 11.4 Å². The summed E-state index contributed by atoms with van der Waals surface area (Å²) in [6.45, 7) is 13.9. The lowest BCUT2D eigenvalue weighted by Gasteiger charge is -2.24. The summed E-state index contributed by atoms with van der Waals surface area (Å²) in [7, 11) is 0. The van der Waals surface area contributed by atoms with E-state index in [0.29, 0.717) is 26.2 Å². The molecule has 0 aliphatic heterocycles. The normalized spacial score (nSPS) is 35.4. The number of aliphatic carboxylic acids is 1. The number of rotatable bonds is 11. The quantitative estimate of drug-likeness (QED) is 0.138. The summed E-state index contributed by atoms with van der Waals surface area (Å²) < 4.78 is 20.5. The van der Waals surface area contributed by atoms with E-state index in [1.165, 1.54) is 38.5 Å². The van der Waals surface area contributed by atoms with Crippen molar-refractivity contribution in [2.45, 2.75) is 125 Å². The fourth-order valence-corrected chi connectivity index (χ4v) is 10.5. The van der Waals surface area contributed by atoms with Gasteiger partial charge in [-0.1, -0.05) is 6.92 Å². The molecule has 6 rings (SSSR count). The molecule has 9 heteroatoms. The first-order valence-corrected chi connectivity index (χ1v) is 18.7. The molecule has 6 saturated carbocycles. The molecule has 47 heavy (non-hydrogen) atoms. The van der Waals surface area contributed by atoms with Crippen molar-refractivity contribution in [3.63, 3.8) is 0 Å². The minimum atomic E-state index is -0.651. The first-order chi connectivity index (χ1) is 22.3. The van der Waals surface area contributed by atoms with Crippen LogP contribution in [0.3, 0.4) is 0 Å². The fourth-order valence-electron chi connectivity index (χ4n) is 10.5. The summed E-state index contributed by atoms with van der Waals surface area (Å²) >= 11 is 0. The van der Waals surface area contributed by atoms with E-state index in [2.05, 4.69) is 0 Å². The van der Waals surface area contributed by atoms with E-state index >= 15 is 0 Å². The van der Waals surface area contributed by atoms with Crippen molar-refractivity contribution in [3.8, 4) is 0 Å². The molecule has 0 aromatic carbocycles. The molecule has 0 aromatic rings. The summed E-state index contributed by atoms with van der Waals surface area (Å²) in [5, 5.41) is 8.96. The van der Waals surface area contributed by atoms with Crippen LogP contribution in [0.2, 0.25) is 0 Å². The van der Waals surface area contributed by atoms with Crippen LogP contribution in [-0.2, 0) is 38.1 Å². The van der Waals surface area contributed by atoms with Crippen LogP contribution >= 0.6 is 0 Å². The number of carbonyl (C=O) groups excluding carboxylic acids is 3. The van der Waals surface area contributed by atoms with E-state index in [9.17, 15) is 19.2 Å². The Morgan fingerprint density at radius 3 is 1.53 bits per heavy atom. The van der Waals surface area contributed by atoms with Crippen molar-refractivity contribution in [2.75, 3.05) is 19.8 Å². The monoisotopic (exact) mass is 662 g/mol. The van der Waals surface area contributed by atoms with Gasteiger partial charge in [0.1, 0.15) is 0 Å². The van der Waals surface area contributed by atoms with Gasteiger partial charge in [-0.15, -0.1) is 0 Å². The van der Waals surface area contributed by atoms with Gasteiger partial charge < -0.3 is 24.1 Å². The molecule has 1 N–H and O–H groups in total. The number of carboxylic acid groups (broad SMARTS) is 1. The number of fused-ring (bicyclic) bond motifs is 10. The Balaban J connectivity index is 0.000000161. The van der Waals surface area contributed by atoms with E-state index in [1.807, 2.05) is 6.92 Å². The predicted molar refractivity (Wildman–Crippen MR) is 177 cm³/mol. The van der Waals surface area contributed by atoms with Crippen molar-refractivity contribution in [1.29, 1.82) is 0 Å². The van der Waals surface area contributed by atoms with Gasteiger partial charge in [0.15, 0.2) is 6.29 Å². The Bertz CT molecular complexity index is 1050. The summed E-state index contributed by atoms with van der Waals surface area (Å²) in [5.41, 5.74) is -0.651. The number of carbonyl (C=O) groups is 4. The number of hydrogen-bond acceptors (Lipinski definition) is 8. The predicted octanol–water partition coefficient (Wildman–Crippen LogP) is 7.29. The molecule has 0 radical (unpaired) electrons. The van der Waals surface area contributed by atoms with Crippen LogP contribution < -0.4 is 0 Å². The molecule has 6 aliphatic rings. The van der Waals surface area contributed by atoms with Gasteiger partial charge in [0, 0.05) is 6.61 Å². The van der Waals surface area contributed by atoms with Crippen LogP contribution in [0.25, 0.3) is 0 Å². The number of esters is 3. The van der Waals surface area contributed by atoms with Crippen molar-refractivity contribution in [2.24, 2.45) is 70.5 Å². The SMILES string of the molecule is CCOC(=O)C(C)CC(C)(C)C(=O)OCC.CCOC(C)OC(=O)C1CC2C3CCC(C3)C2C1.O=C(O)C1CC2C3CCC(C3)C2C1. The van der Waals surface area contributed by atoms with Gasteiger partial charge in [0.05, 0.1) is 36.4 Å². The van der Waals surface area contributed by atoms with E-state index in [1.54, 1.807) is 41.5 Å². The Kier molecular flexibility index (Phi) is 13.2. The molecule has 0 spiro atoms. The van der Waals surface area contributed by atoms with Gasteiger partial charge in [-0.25, -0.2) is 0 Å². The summed E-state index contributed by atoms with van der Waals surface area (Å²) in [6, 6.07) is 0. The van der Waals surface area contributed by atoms with Crippen molar-refractivity contribution in [3.05, 3.63) is 0 Å². The topological polar surface area (TPSA) is 125 Å². The Morgan fingerprint density at radius 2 is 1.13 bits per heavy atom. The largest absolute Gasteiger partial charge is 0.481 e. The molecule has 9 nitrogen and oxygen atoms in total. The lowest BCUT2D eigenvalue weighted by molar-refractivity contribution is -0.178. The Hall–Kier alpha value is -2.16. The van der Waals surface area contributed by atoms with Crippen molar-refractivity contribution in [1.82, 2.24) is 0 Å². The third-order valence-corrected chi connectivity index (χ3v) is 12.5.